The first kappa shape index (κ1) is 84.3. The number of carbonyl (C=O) groups is 2. The van der Waals surface area contributed by atoms with Gasteiger partial charge in [-0.05, 0) is 77.0 Å². The Labute approximate surface area is 539 Å². The third-order valence-electron chi connectivity index (χ3n) is 18.7. The van der Waals surface area contributed by atoms with Crippen LogP contribution in [0.15, 0.2) is 24.3 Å². The fourth-order valence-electron chi connectivity index (χ4n) is 12.7. The van der Waals surface area contributed by atoms with Crippen LogP contribution < -0.4 is 5.32 Å². The second-order valence-corrected chi connectivity index (χ2v) is 27.4. The van der Waals surface area contributed by atoms with Gasteiger partial charge in [0.1, 0.15) is 0 Å². The van der Waals surface area contributed by atoms with Crippen molar-refractivity contribution >= 4 is 11.9 Å². The Morgan fingerprint density at radius 2 is 0.547 bits per heavy atom. The monoisotopic (exact) mass is 1210 g/mol. The highest BCUT2D eigenvalue weighted by Crippen LogP contribution is 2.20. The van der Waals surface area contributed by atoms with E-state index in [-0.39, 0.29) is 18.5 Å². The van der Waals surface area contributed by atoms with Gasteiger partial charge in [-0.2, -0.15) is 0 Å². The maximum absolute atomic E-state index is 12.6. The van der Waals surface area contributed by atoms with Gasteiger partial charge in [0.25, 0.3) is 0 Å². The van der Waals surface area contributed by atoms with Crippen molar-refractivity contribution in [2.75, 3.05) is 13.2 Å². The fourth-order valence-corrected chi connectivity index (χ4v) is 12.7. The molecule has 0 aliphatic rings. The Morgan fingerprint density at radius 3 is 0.826 bits per heavy atom. The molecule has 0 saturated carbocycles. The predicted octanol–water partition coefficient (Wildman–Crippen LogP) is 26.0. The van der Waals surface area contributed by atoms with Crippen LogP contribution in [0.5, 0.6) is 0 Å². The molecule has 0 radical (unpaired) electrons. The van der Waals surface area contributed by atoms with E-state index >= 15 is 0 Å². The van der Waals surface area contributed by atoms with Crippen LogP contribution in [-0.4, -0.2) is 47.4 Å². The highest BCUT2D eigenvalue weighted by Gasteiger charge is 2.20. The lowest BCUT2D eigenvalue weighted by atomic mass is 10.0. The van der Waals surface area contributed by atoms with Crippen molar-refractivity contribution in [1.82, 2.24) is 5.32 Å². The molecule has 0 bridgehead atoms. The van der Waals surface area contributed by atoms with Crippen LogP contribution >= 0.6 is 0 Å². The molecule has 0 aromatic rings. The molecule has 0 aromatic heterocycles. The number of aliphatic hydroxyl groups excluding tert-OH is 2. The number of ether oxygens (including phenoxy) is 1. The van der Waals surface area contributed by atoms with Gasteiger partial charge < -0.3 is 20.3 Å². The van der Waals surface area contributed by atoms with Gasteiger partial charge >= 0.3 is 5.97 Å². The van der Waals surface area contributed by atoms with Gasteiger partial charge in [-0.3, -0.25) is 9.59 Å². The van der Waals surface area contributed by atoms with Crippen LogP contribution in [0, 0.1) is 0 Å². The number of aliphatic hydroxyl groups is 2. The van der Waals surface area contributed by atoms with Crippen LogP contribution in [0.2, 0.25) is 0 Å². The Kier molecular flexibility index (Phi) is 74.3. The van der Waals surface area contributed by atoms with Crippen molar-refractivity contribution in [2.45, 2.75) is 463 Å². The number of esters is 1. The molecule has 0 heterocycles. The first-order valence-electron chi connectivity index (χ1n) is 39.6. The maximum atomic E-state index is 12.6. The Balaban J connectivity index is 3.36. The molecule has 0 aliphatic heterocycles. The summed E-state index contributed by atoms with van der Waals surface area (Å²) in [6, 6.07) is -0.543. The number of unbranched alkanes of at least 4 members (excludes halogenated alkanes) is 60. The zero-order valence-electron chi connectivity index (χ0n) is 58.6. The summed E-state index contributed by atoms with van der Waals surface area (Å²) >= 11 is 0. The van der Waals surface area contributed by atoms with Crippen molar-refractivity contribution in [2.24, 2.45) is 0 Å². The quantitative estimate of drug-likeness (QED) is 0.0320. The molecule has 2 unspecified atom stereocenters. The van der Waals surface area contributed by atoms with E-state index in [1.807, 2.05) is 0 Å². The third kappa shape index (κ3) is 71.4. The zero-order valence-corrected chi connectivity index (χ0v) is 58.6. The van der Waals surface area contributed by atoms with Crippen molar-refractivity contribution in [1.29, 1.82) is 0 Å². The normalized spacial score (nSPS) is 12.6. The van der Waals surface area contributed by atoms with Gasteiger partial charge in [-0.1, -0.05) is 385 Å². The Hall–Kier alpha value is -1.66. The van der Waals surface area contributed by atoms with E-state index in [4.69, 9.17) is 4.74 Å². The number of hydrogen-bond donors (Lipinski definition) is 3. The van der Waals surface area contributed by atoms with Crippen LogP contribution in [0.25, 0.3) is 0 Å². The average Bonchev–Trinajstić information content (AvgIpc) is 3.53. The topological polar surface area (TPSA) is 95.9 Å². The molecule has 1 amide bonds. The molecular formula is C80H155NO5. The molecule has 0 saturated heterocycles. The summed E-state index contributed by atoms with van der Waals surface area (Å²) < 4.78 is 5.51. The molecule has 0 aliphatic carbocycles. The van der Waals surface area contributed by atoms with Gasteiger partial charge in [-0.15, -0.1) is 0 Å². The number of allylic oxidation sites excluding steroid dienone is 4. The minimum absolute atomic E-state index is 0.0166. The number of carbonyl (C=O) groups excluding carboxylic acids is 2. The smallest absolute Gasteiger partial charge is 0.305 e. The van der Waals surface area contributed by atoms with Crippen LogP contribution in [0.4, 0.5) is 0 Å². The minimum Gasteiger partial charge on any atom is -0.466 e. The van der Waals surface area contributed by atoms with Crippen molar-refractivity contribution in [3.63, 3.8) is 0 Å². The SMILES string of the molecule is CCCCCCCC/C=C\CCCCCCCCCCCC(=O)OCCCCCCCCCCCCCC/C=C\CCCCCCCCCCCCCCC(=O)NC(CO)C(O)CCCCCCCCCCCCCCCCCCCCCCCC. The molecular weight excluding hydrogens is 1050 g/mol. The number of amides is 1. The highest BCUT2D eigenvalue weighted by atomic mass is 16.5. The van der Waals surface area contributed by atoms with E-state index < -0.39 is 12.1 Å². The average molecular weight is 1210 g/mol. The van der Waals surface area contributed by atoms with Crippen LogP contribution in [0.3, 0.4) is 0 Å². The molecule has 510 valence electrons. The maximum Gasteiger partial charge on any atom is 0.305 e. The molecule has 0 spiro atoms. The van der Waals surface area contributed by atoms with E-state index in [0.717, 1.165) is 38.5 Å². The fraction of sp³-hybridized carbons (Fsp3) is 0.925. The molecule has 86 heavy (non-hydrogen) atoms. The number of nitrogens with one attached hydrogen (secondary N) is 1. The largest absolute Gasteiger partial charge is 0.466 e. The van der Waals surface area contributed by atoms with Crippen LogP contribution in [-0.2, 0) is 14.3 Å². The lowest BCUT2D eigenvalue weighted by Crippen LogP contribution is -2.45. The summed E-state index contributed by atoms with van der Waals surface area (Å²) in [4.78, 5) is 24.7. The summed E-state index contributed by atoms with van der Waals surface area (Å²) in [7, 11) is 0. The third-order valence-corrected chi connectivity index (χ3v) is 18.7. The predicted molar refractivity (Wildman–Crippen MR) is 380 cm³/mol. The molecule has 0 aromatic carbocycles. The summed E-state index contributed by atoms with van der Waals surface area (Å²) in [5.41, 5.74) is 0. The molecule has 3 N–H and O–H groups in total. The van der Waals surface area contributed by atoms with Crippen molar-refractivity contribution in [3.8, 4) is 0 Å². The number of rotatable bonds is 75. The van der Waals surface area contributed by atoms with E-state index in [2.05, 4.69) is 43.5 Å². The van der Waals surface area contributed by atoms with Crippen molar-refractivity contribution < 1.29 is 24.5 Å². The van der Waals surface area contributed by atoms with Gasteiger partial charge in [0.05, 0.1) is 25.4 Å². The summed E-state index contributed by atoms with van der Waals surface area (Å²) in [6.45, 7) is 5.00. The lowest BCUT2D eigenvalue weighted by Gasteiger charge is -2.22. The van der Waals surface area contributed by atoms with E-state index in [1.165, 1.54) is 379 Å². The molecule has 0 fully saturated rings. The molecule has 6 heteroatoms. The number of hydrogen-bond acceptors (Lipinski definition) is 5. The van der Waals surface area contributed by atoms with Crippen molar-refractivity contribution in [3.05, 3.63) is 24.3 Å². The molecule has 2 atom stereocenters. The highest BCUT2D eigenvalue weighted by molar-refractivity contribution is 5.76. The van der Waals surface area contributed by atoms with Gasteiger partial charge in [-0.25, -0.2) is 0 Å². The van der Waals surface area contributed by atoms with E-state index in [1.54, 1.807) is 0 Å². The summed E-state index contributed by atoms with van der Waals surface area (Å²) in [5, 5.41) is 23.5. The standard InChI is InChI=1S/C80H155NO5/c1-3-5-7-9-11-13-15-17-19-21-23-24-33-37-40-44-48-52-56-60-64-68-72-78(83)77(76-82)81-79(84)73-69-65-61-57-53-49-45-41-38-34-31-29-27-25-26-28-30-32-35-39-43-47-51-55-59-63-67-71-75-86-80(85)74-70-66-62-58-54-50-46-42-36-22-20-18-16-14-12-10-8-6-4-2/h18,20,25-26,77-78,82-83H,3-17,19,21-24,27-76H2,1-2H3,(H,81,84)/b20-18-,26-25-. The zero-order chi connectivity index (χ0) is 62.0. The van der Waals surface area contributed by atoms with E-state index in [9.17, 15) is 19.8 Å². The lowest BCUT2D eigenvalue weighted by molar-refractivity contribution is -0.143. The summed E-state index contributed by atoms with van der Waals surface area (Å²) in [6.07, 6.45) is 96.9. The van der Waals surface area contributed by atoms with Crippen LogP contribution in [0.1, 0.15) is 450 Å². The van der Waals surface area contributed by atoms with Gasteiger partial charge in [0.15, 0.2) is 0 Å². The first-order chi connectivity index (χ1) is 42.5. The second kappa shape index (κ2) is 75.8. The molecule has 0 rings (SSSR count). The Morgan fingerprint density at radius 1 is 0.314 bits per heavy atom. The Bertz CT molecular complexity index is 1350. The minimum atomic E-state index is -0.666. The van der Waals surface area contributed by atoms with Gasteiger partial charge in [0, 0.05) is 12.8 Å². The first-order valence-corrected chi connectivity index (χ1v) is 39.6. The molecule has 6 nitrogen and oxygen atoms in total. The second-order valence-electron chi connectivity index (χ2n) is 27.4. The van der Waals surface area contributed by atoms with E-state index in [0.29, 0.717) is 25.9 Å². The van der Waals surface area contributed by atoms with Gasteiger partial charge in [0.2, 0.25) is 5.91 Å². The summed E-state index contributed by atoms with van der Waals surface area (Å²) in [5.74, 6) is -0.0130.